The molecule has 1 amide bonds. The van der Waals surface area contributed by atoms with E-state index in [1.165, 1.54) is 26.7 Å². The lowest BCUT2D eigenvalue weighted by Gasteiger charge is -2.20. The molecule has 1 aliphatic rings. The van der Waals surface area contributed by atoms with E-state index in [9.17, 15) is 9.59 Å². The van der Waals surface area contributed by atoms with Crippen molar-refractivity contribution in [2.45, 2.75) is 26.7 Å². The predicted molar refractivity (Wildman–Crippen MR) is 77.9 cm³/mol. The number of carbonyl (C=O) groups excluding carboxylic acids is 1. The van der Waals surface area contributed by atoms with Gasteiger partial charge < -0.3 is 15.3 Å². The maximum Gasteiger partial charge on any atom is 0.318 e. The maximum atomic E-state index is 11.9. The van der Waals surface area contributed by atoms with Crippen molar-refractivity contribution >= 4 is 23.3 Å². The Morgan fingerprint density at radius 3 is 2.20 bits per heavy atom. The number of rotatable bonds is 4. The molecule has 0 atom stereocenters. The average Bonchev–Trinajstić information content (AvgIpc) is 2.93. The zero-order valence-corrected chi connectivity index (χ0v) is 11.8. The van der Waals surface area contributed by atoms with Crippen LogP contribution in [0.15, 0.2) is 24.3 Å². The molecule has 0 bridgehead atoms. The van der Waals surface area contributed by atoms with Crippen molar-refractivity contribution in [3.05, 3.63) is 24.3 Å². The Balaban J connectivity index is 2.03. The van der Waals surface area contributed by atoms with E-state index >= 15 is 0 Å². The Bertz CT molecular complexity index is 502. The fourth-order valence-electron chi connectivity index (χ4n) is 2.12. The molecule has 5 heteroatoms. The molecule has 1 heterocycles. The monoisotopic (exact) mass is 276 g/mol. The molecule has 1 fully saturated rings. The van der Waals surface area contributed by atoms with Gasteiger partial charge in [-0.15, -0.1) is 0 Å². The summed E-state index contributed by atoms with van der Waals surface area (Å²) >= 11 is 0. The molecule has 1 aromatic carbocycles. The summed E-state index contributed by atoms with van der Waals surface area (Å²) in [6.45, 7) is 4.92. The van der Waals surface area contributed by atoms with Crippen LogP contribution in [0, 0.1) is 5.41 Å². The van der Waals surface area contributed by atoms with Crippen LogP contribution in [-0.2, 0) is 9.59 Å². The zero-order chi connectivity index (χ0) is 14.8. The second kappa shape index (κ2) is 5.53. The Labute approximate surface area is 118 Å². The quantitative estimate of drug-likeness (QED) is 0.828. The van der Waals surface area contributed by atoms with Crippen LogP contribution >= 0.6 is 0 Å². The molecule has 0 saturated carbocycles. The molecular weight excluding hydrogens is 256 g/mol. The molecule has 0 radical (unpaired) electrons. The molecular formula is C15H20N2O3. The number of nitrogens with zero attached hydrogens (tertiary/aromatic N) is 1. The normalized spacial score (nSPS) is 15.2. The summed E-state index contributed by atoms with van der Waals surface area (Å²) in [4.78, 5) is 25.2. The molecule has 0 unspecified atom stereocenters. The van der Waals surface area contributed by atoms with E-state index in [1.54, 1.807) is 0 Å². The number of benzene rings is 1. The lowest BCUT2D eigenvalue weighted by molar-refractivity contribution is -0.151. The van der Waals surface area contributed by atoms with Gasteiger partial charge in [0.15, 0.2) is 0 Å². The summed E-state index contributed by atoms with van der Waals surface area (Å²) in [5.41, 5.74) is 0.318. The minimum Gasteiger partial charge on any atom is -0.480 e. The van der Waals surface area contributed by atoms with Crippen LogP contribution in [0.2, 0.25) is 0 Å². The van der Waals surface area contributed by atoms with E-state index in [4.69, 9.17) is 5.11 Å². The van der Waals surface area contributed by atoms with Crippen molar-refractivity contribution in [1.29, 1.82) is 0 Å². The molecule has 1 saturated heterocycles. The fourth-order valence-corrected chi connectivity index (χ4v) is 2.12. The van der Waals surface area contributed by atoms with Crippen LogP contribution in [0.3, 0.4) is 0 Å². The predicted octanol–water partition coefficient (Wildman–Crippen LogP) is 2.34. The smallest absolute Gasteiger partial charge is 0.318 e. The van der Waals surface area contributed by atoms with E-state index in [0.29, 0.717) is 5.69 Å². The third kappa shape index (κ3) is 2.92. The first-order valence-electron chi connectivity index (χ1n) is 6.81. The number of nitrogens with one attached hydrogen (secondary N) is 1. The lowest BCUT2D eigenvalue weighted by Crippen LogP contribution is -2.37. The topological polar surface area (TPSA) is 69.6 Å². The molecule has 108 valence electrons. The zero-order valence-electron chi connectivity index (χ0n) is 11.8. The van der Waals surface area contributed by atoms with Crippen LogP contribution in [-0.4, -0.2) is 30.1 Å². The Morgan fingerprint density at radius 2 is 1.70 bits per heavy atom. The third-order valence-corrected chi connectivity index (χ3v) is 3.70. The van der Waals surface area contributed by atoms with Crippen molar-refractivity contribution in [2.75, 3.05) is 23.3 Å². The van der Waals surface area contributed by atoms with Gasteiger partial charge in [-0.05, 0) is 51.0 Å². The average molecular weight is 276 g/mol. The molecule has 0 aliphatic carbocycles. The minimum absolute atomic E-state index is 0.515. The van der Waals surface area contributed by atoms with Gasteiger partial charge in [0.1, 0.15) is 5.41 Å². The molecule has 2 N–H and O–H groups in total. The number of aliphatic carboxylic acids is 1. The second-order valence-corrected chi connectivity index (χ2v) is 5.63. The van der Waals surface area contributed by atoms with Gasteiger partial charge in [-0.1, -0.05) is 0 Å². The van der Waals surface area contributed by atoms with Gasteiger partial charge in [0.25, 0.3) is 0 Å². The number of carboxylic acids is 1. The summed E-state index contributed by atoms with van der Waals surface area (Å²) in [5.74, 6) is -1.65. The second-order valence-electron chi connectivity index (χ2n) is 5.63. The van der Waals surface area contributed by atoms with Gasteiger partial charge in [-0.2, -0.15) is 0 Å². The standard InChI is InChI=1S/C15H20N2O3/c1-15(2,14(19)20)13(18)16-11-5-7-12(8-6-11)17-9-3-4-10-17/h5-8H,3-4,9-10H2,1-2H3,(H,16,18)(H,19,20). The largest absolute Gasteiger partial charge is 0.480 e. The van der Waals surface area contributed by atoms with Crippen LogP contribution in [0.5, 0.6) is 0 Å². The fraction of sp³-hybridized carbons (Fsp3) is 0.467. The van der Waals surface area contributed by atoms with Crippen LogP contribution < -0.4 is 10.2 Å². The SMILES string of the molecule is CC(C)(C(=O)O)C(=O)Nc1ccc(N2CCCC2)cc1. The van der Waals surface area contributed by atoms with Crippen molar-refractivity contribution < 1.29 is 14.7 Å². The molecule has 0 spiro atoms. The van der Waals surface area contributed by atoms with E-state index in [1.807, 2.05) is 24.3 Å². The highest BCUT2D eigenvalue weighted by atomic mass is 16.4. The number of hydrogen-bond acceptors (Lipinski definition) is 3. The Morgan fingerprint density at radius 1 is 1.15 bits per heavy atom. The number of hydrogen-bond donors (Lipinski definition) is 2. The van der Waals surface area contributed by atoms with E-state index < -0.39 is 17.3 Å². The summed E-state index contributed by atoms with van der Waals surface area (Å²) in [6, 6.07) is 7.52. The first-order chi connectivity index (χ1) is 9.41. The summed E-state index contributed by atoms with van der Waals surface area (Å²) in [6.07, 6.45) is 2.43. The summed E-state index contributed by atoms with van der Waals surface area (Å²) in [7, 11) is 0. The highest BCUT2D eigenvalue weighted by Gasteiger charge is 2.35. The van der Waals surface area contributed by atoms with Gasteiger partial charge in [-0.3, -0.25) is 9.59 Å². The van der Waals surface area contributed by atoms with Gasteiger partial charge in [0.05, 0.1) is 0 Å². The third-order valence-electron chi connectivity index (χ3n) is 3.70. The first kappa shape index (κ1) is 14.4. The first-order valence-corrected chi connectivity index (χ1v) is 6.81. The number of anilines is 2. The lowest BCUT2D eigenvalue weighted by atomic mass is 9.92. The number of carboxylic acid groups (broad SMARTS) is 1. The van der Waals surface area contributed by atoms with E-state index in [0.717, 1.165) is 18.8 Å². The van der Waals surface area contributed by atoms with Crippen molar-refractivity contribution in [2.24, 2.45) is 5.41 Å². The number of carbonyl (C=O) groups is 2. The minimum atomic E-state index is -1.44. The molecule has 1 aromatic rings. The van der Waals surface area contributed by atoms with Gasteiger partial charge in [0, 0.05) is 24.5 Å². The van der Waals surface area contributed by atoms with Crippen molar-refractivity contribution in [3.63, 3.8) is 0 Å². The Kier molecular flexibility index (Phi) is 3.97. The van der Waals surface area contributed by atoms with Gasteiger partial charge >= 0.3 is 5.97 Å². The van der Waals surface area contributed by atoms with E-state index in [-0.39, 0.29) is 0 Å². The van der Waals surface area contributed by atoms with Crippen LogP contribution in [0.1, 0.15) is 26.7 Å². The number of amides is 1. The Hall–Kier alpha value is -2.04. The summed E-state index contributed by atoms with van der Waals surface area (Å²) < 4.78 is 0. The van der Waals surface area contributed by atoms with Gasteiger partial charge in [0.2, 0.25) is 5.91 Å². The van der Waals surface area contributed by atoms with Crippen molar-refractivity contribution in [3.8, 4) is 0 Å². The molecule has 0 aromatic heterocycles. The highest BCUT2D eigenvalue weighted by Crippen LogP contribution is 2.23. The maximum absolute atomic E-state index is 11.9. The molecule has 20 heavy (non-hydrogen) atoms. The molecule has 5 nitrogen and oxygen atoms in total. The van der Waals surface area contributed by atoms with Crippen molar-refractivity contribution in [1.82, 2.24) is 0 Å². The van der Waals surface area contributed by atoms with E-state index in [2.05, 4.69) is 10.2 Å². The van der Waals surface area contributed by atoms with Crippen LogP contribution in [0.4, 0.5) is 11.4 Å². The highest BCUT2D eigenvalue weighted by molar-refractivity contribution is 6.07. The molecule has 2 rings (SSSR count). The van der Waals surface area contributed by atoms with Crippen LogP contribution in [0.25, 0.3) is 0 Å². The molecule has 1 aliphatic heterocycles. The summed E-state index contributed by atoms with van der Waals surface area (Å²) in [5, 5.41) is 11.7. The van der Waals surface area contributed by atoms with Gasteiger partial charge in [-0.25, -0.2) is 0 Å².